The van der Waals surface area contributed by atoms with Crippen molar-refractivity contribution in [3.63, 3.8) is 0 Å². The third kappa shape index (κ3) is 3.40. The number of hydrogen-bond donors (Lipinski definition) is 0. The van der Waals surface area contributed by atoms with Gasteiger partial charge in [-0.05, 0) is 31.2 Å². The molecule has 4 rings (SSSR count). The van der Waals surface area contributed by atoms with Gasteiger partial charge in [0, 0.05) is 12.6 Å². The van der Waals surface area contributed by atoms with Gasteiger partial charge in [0.25, 0.3) is 0 Å². The van der Waals surface area contributed by atoms with Gasteiger partial charge >= 0.3 is 0 Å². The summed E-state index contributed by atoms with van der Waals surface area (Å²) >= 11 is 1.58. The fourth-order valence-corrected chi connectivity index (χ4v) is 3.69. The maximum atomic E-state index is 5.81. The Labute approximate surface area is 166 Å². The average molecular weight is 397 g/mol. The second-order valence-electron chi connectivity index (χ2n) is 5.98. The Morgan fingerprint density at radius 3 is 2.50 bits per heavy atom. The van der Waals surface area contributed by atoms with Crippen molar-refractivity contribution < 1.29 is 13.9 Å². The van der Waals surface area contributed by atoms with Gasteiger partial charge in [-0.25, -0.2) is 0 Å². The zero-order valence-corrected chi connectivity index (χ0v) is 16.6. The predicted octanol–water partition coefficient (Wildman–Crippen LogP) is 3.87. The fourth-order valence-electron chi connectivity index (χ4n) is 2.91. The summed E-state index contributed by atoms with van der Waals surface area (Å²) in [5, 5.41) is 17.8. The highest BCUT2D eigenvalue weighted by Crippen LogP contribution is 2.37. The first-order valence-electron chi connectivity index (χ1n) is 8.65. The maximum absolute atomic E-state index is 5.81. The monoisotopic (exact) mass is 397 g/mol. The predicted molar refractivity (Wildman–Crippen MR) is 109 cm³/mol. The Kier molecular flexibility index (Phi) is 5.16. The normalized spacial score (nSPS) is 13.0. The van der Waals surface area contributed by atoms with E-state index in [0.29, 0.717) is 28.8 Å². The SMILES string of the molecule is COc1cccc(OC)c1-n1c(CSC2=NN=CC2)nnc1-c1ccc(C)o1. The number of para-hydroxylation sites is 1. The fraction of sp³-hybridized carbons (Fsp3) is 0.263. The molecule has 0 unspecified atom stereocenters. The van der Waals surface area contributed by atoms with Gasteiger partial charge in [-0.3, -0.25) is 4.57 Å². The largest absolute Gasteiger partial charge is 0.494 e. The molecule has 0 saturated heterocycles. The van der Waals surface area contributed by atoms with Crippen LogP contribution in [0.3, 0.4) is 0 Å². The first kappa shape index (κ1) is 18.3. The minimum Gasteiger partial charge on any atom is -0.494 e. The molecule has 144 valence electrons. The summed E-state index contributed by atoms with van der Waals surface area (Å²) in [6.45, 7) is 1.89. The molecule has 0 atom stereocenters. The van der Waals surface area contributed by atoms with E-state index >= 15 is 0 Å². The molecule has 8 nitrogen and oxygen atoms in total. The molecule has 0 fully saturated rings. The number of rotatable bonds is 6. The molecule has 1 aliphatic heterocycles. The van der Waals surface area contributed by atoms with E-state index in [1.807, 2.05) is 41.8 Å². The second-order valence-corrected chi connectivity index (χ2v) is 7.03. The van der Waals surface area contributed by atoms with Gasteiger partial charge < -0.3 is 13.9 Å². The number of nitrogens with zero attached hydrogens (tertiary/aromatic N) is 5. The molecule has 0 amide bonds. The molecule has 0 radical (unpaired) electrons. The molecular formula is C19H19N5O3S. The van der Waals surface area contributed by atoms with Gasteiger partial charge in [0.1, 0.15) is 33.8 Å². The van der Waals surface area contributed by atoms with Gasteiger partial charge in [-0.1, -0.05) is 6.07 Å². The van der Waals surface area contributed by atoms with E-state index in [1.165, 1.54) is 0 Å². The summed E-state index contributed by atoms with van der Waals surface area (Å²) < 4.78 is 18.9. The molecule has 0 bridgehead atoms. The minimum atomic E-state index is 0.566. The summed E-state index contributed by atoms with van der Waals surface area (Å²) in [5.41, 5.74) is 0.724. The van der Waals surface area contributed by atoms with Crippen molar-refractivity contribution in [3.05, 3.63) is 41.9 Å². The third-order valence-electron chi connectivity index (χ3n) is 4.20. The summed E-state index contributed by atoms with van der Waals surface area (Å²) in [7, 11) is 3.25. The molecule has 1 aromatic carbocycles. The lowest BCUT2D eigenvalue weighted by molar-refractivity contribution is 0.390. The van der Waals surface area contributed by atoms with E-state index < -0.39 is 0 Å². The van der Waals surface area contributed by atoms with E-state index in [4.69, 9.17) is 13.9 Å². The highest BCUT2D eigenvalue weighted by Gasteiger charge is 2.24. The van der Waals surface area contributed by atoms with Gasteiger partial charge in [0.05, 0.1) is 20.0 Å². The molecule has 9 heteroatoms. The number of methoxy groups -OCH3 is 2. The molecule has 28 heavy (non-hydrogen) atoms. The van der Waals surface area contributed by atoms with Gasteiger partial charge in [-0.2, -0.15) is 5.10 Å². The van der Waals surface area contributed by atoms with Crippen molar-refractivity contribution in [1.82, 2.24) is 14.8 Å². The summed E-state index contributed by atoms with van der Waals surface area (Å²) in [5.74, 6) is 4.59. The number of aryl methyl sites for hydroxylation is 1. The Hall–Kier alpha value is -3.07. The van der Waals surface area contributed by atoms with Crippen LogP contribution in [0.1, 0.15) is 18.0 Å². The number of hydrogen-bond acceptors (Lipinski definition) is 8. The highest BCUT2D eigenvalue weighted by atomic mass is 32.2. The molecule has 3 heterocycles. The molecule has 2 aromatic heterocycles. The van der Waals surface area contributed by atoms with Crippen molar-refractivity contribution in [3.8, 4) is 28.8 Å². The number of aromatic nitrogens is 3. The number of benzene rings is 1. The first-order chi connectivity index (χ1) is 13.7. The average Bonchev–Trinajstić information content (AvgIpc) is 3.46. The number of ether oxygens (including phenoxy) is 2. The van der Waals surface area contributed by atoms with Crippen molar-refractivity contribution in [2.45, 2.75) is 19.1 Å². The van der Waals surface area contributed by atoms with Crippen LogP contribution in [0.5, 0.6) is 11.5 Å². The molecular weight excluding hydrogens is 378 g/mol. The summed E-state index contributed by atoms with van der Waals surface area (Å²) in [6, 6.07) is 9.40. The lowest BCUT2D eigenvalue weighted by Crippen LogP contribution is -2.07. The molecule has 3 aromatic rings. The standard InChI is InChI=1S/C19H19N5O3S/c1-12-7-8-15(27-12)19-23-21-16(11-28-17-9-10-20-22-17)24(19)18-13(25-2)5-4-6-14(18)26-3/h4-8,10H,9,11H2,1-3H3. The second kappa shape index (κ2) is 7.89. The molecule has 0 spiro atoms. The lowest BCUT2D eigenvalue weighted by Gasteiger charge is -2.16. The van der Waals surface area contributed by atoms with Crippen LogP contribution in [0.4, 0.5) is 0 Å². The number of furan rings is 1. The zero-order chi connectivity index (χ0) is 19.5. The molecule has 0 aliphatic carbocycles. The Morgan fingerprint density at radius 2 is 1.89 bits per heavy atom. The molecule has 0 N–H and O–H groups in total. The van der Waals surface area contributed by atoms with Crippen LogP contribution in [0.25, 0.3) is 17.3 Å². The summed E-state index contributed by atoms with van der Waals surface area (Å²) in [4.78, 5) is 0. The van der Waals surface area contributed by atoms with Crippen LogP contribution in [-0.2, 0) is 5.75 Å². The zero-order valence-electron chi connectivity index (χ0n) is 15.7. The first-order valence-corrected chi connectivity index (χ1v) is 9.63. The van der Waals surface area contributed by atoms with Crippen molar-refractivity contribution in [2.75, 3.05) is 14.2 Å². The minimum absolute atomic E-state index is 0.566. The van der Waals surface area contributed by atoms with Gasteiger partial charge in [-0.15, -0.1) is 27.1 Å². The van der Waals surface area contributed by atoms with Crippen LogP contribution in [0.2, 0.25) is 0 Å². The molecule has 0 saturated carbocycles. The van der Waals surface area contributed by atoms with Crippen LogP contribution in [0.15, 0.2) is 45.0 Å². The topological polar surface area (TPSA) is 87.0 Å². The van der Waals surface area contributed by atoms with Crippen molar-refractivity contribution in [2.24, 2.45) is 10.2 Å². The van der Waals surface area contributed by atoms with E-state index in [-0.39, 0.29) is 0 Å². The van der Waals surface area contributed by atoms with Crippen LogP contribution in [-0.4, -0.2) is 40.2 Å². The highest BCUT2D eigenvalue weighted by molar-refractivity contribution is 8.13. The smallest absolute Gasteiger partial charge is 0.204 e. The Morgan fingerprint density at radius 1 is 1.11 bits per heavy atom. The Balaban J connectivity index is 1.84. The van der Waals surface area contributed by atoms with E-state index in [0.717, 1.165) is 28.7 Å². The third-order valence-corrected chi connectivity index (χ3v) is 5.19. The molecule has 1 aliphatic rings. The van der Waals surface area contributed by atoms with Crippen molar-refractivity contribution >= 4 is 23.0 Å². The van der Waals surface area contributed by atoms with Crippen LogP contribution >= 0.6 is 11.8 Å². The van der Waals surface area contributed by atoms with Crippen LogP contribution in [0, 0.1) is 6.92 Å². The number of thioether (sulfide) groups is 1. The lowest BCUT2D eigenvalue weighted by atomic mass is 10.2. The van der Waals surface area contributed by atoms with Gasteiger partial charge in [0.15, 0.2) is 5.76 Å². The summed E-state index contributed by atoms with van der Waals surface area (Å²) in [6.07, 6.45) is 2.52. The quantitative estimate of drug-likeness (QED) is 0.627. The van der Waals surface area contributed by atoms with Crippen LogP contribution < -0.4 is 9.47 Å². The van der Waals surface area contributed by atoms with Gasteiger partial charge in [0.2, 0.25) is 5.82 Å². The van der Waals surface area contributed by atoms with E-state index in [2.05, 4.69) is 20.4 Å². The maximum Gasteiger partial charge on any atom is 0.204 e. The van der Waals surface area contributed by atoms with Crippen molar-refractivity contribution in [1.29, 1.82) is 0 Å². The van der Waals surface area contributed by atoms with E-state index in [1.54, 1.807) is 32.2 Å². The van der Waals surface area contributed by atoms with E-state index in [9.17, 15) is 0 Å². The Bertz CT molecular complexity index is 1030.